The average molecular weight is 287 g/mol. The molecule has 0 aliphatic carbocycles. The van der Waals surface area contributed by atoms with Gasteiger partial charge in [-0.05, 0) is 12.1 Å². The predicted octanol–water partition coefficient (Wildman–Crippen LogP) is 3.09. The molecule has 0 fully saturated rings. The molecule has 0 saturated carbocycles. The van der Waals surface area contributed by atoms with Gasteiger partial charge in [-0.25, -0.2) is 0 Å². The lowest BCUT2D eigenvalue weighted by atomic mass is 10.1. The second-order valence-corrected chi connectivity index (χ2v) is 4.49. The van der Waals surface area contributed by atoms with E-state index in [9.17, 15) is 0 Å². The van der Waals surface area contributed by atoms with Crippen LogP contribution in [0.25, 0.3) is 11.3 Å². The molecular weight excluding hydrogens is 277 g/mol. The summed E-state index contributed by atoms with van der Waals surface area (Å²) < 4.78 is 2.65. The summed E-state index contributed by atoms with van der Waals surface area (Å²) in [7, 11) is 1.85. The first kappa shape index (κ1) is 10.5. The van der Waals surface area contributed by atoms with Crippen LogP contribution in [0, 0.1) is 0 Å². The Labute approximate surface area is 101 Å². The van der Waals surface area contributed by atoms with Crippen LogP contribution in [0.2, 0.25) is 5.02 Å². The molecule has 3 nitrogen and oxygen atoms in total. The second kappa shape index (κ2) is 3.87. The molecule has 0 aliphatic rings. The first-order chi connectivity index (χ1) is 7.09. The van der Waals surface area contributed by atoms with Crippen LogP contribution in [-0.4, -0.2) is 9.78 Å². The van der Waals surface area contributed by atoms with Crippen LogP contribution >= 0.6 is 27.5 Å². The number of nitrogen functional groups attached to an aromatic ring is 1. The minimum absolute atomic E-state index is 0.653. The summed E-state index contributed by atoms with van der Waals surface area (Å²) in [6, 6.07) is 5.58. The number of aryl methyl sites for hydroxylation is 1. The van der Waals surface area contributed by atoms with Gasteiger partial charge >= 0.3 is 0 Å². The summed E-state index contributed by atoms with van der Waals surface area (Å²) >= 11 is 9.33. The SMILES string of the molecule is Cn1ncc(N)c1-c1ccc(Cl)cc1Br. The van der Waals surface area contributed by atoms with E-state index in [0.717, 1.165) is 15.7 Å². The van der Waals surface area contributed by atoms with Gasteiger partial charge in [0.15, 0.2) is 0 Å². The number of hydrogen-bond acceptors (Lipinski definition) is 2. The zero-order valence-electron chi connectivity index (χ0n) is 8.04. The van der Waals surface area contributed by atoms with E-state index < -0.39 is 0 Å². The topological polar surface area (TPSA) is 43.8 Å². The van der Waals surface area contributed by atoms with Crippen LogP contribution in [0.15, 0.2) is 28.9 Å². The van der Waals surface area contributed by atoms with E-state index in [2.05, 4.69) is 21.0 Å². The summed E-state index contributed by atoms with van der Waals surface area (Å²) in [5.74, 6) is 0. The Morgan fingerprint density at radius 2 is 2.20 bits per heavy atom. The number of anilines is 1. The minimum atomic E-state index is 0.653. The van der Waals surface area contributed by atoms with E-state index in [1.165, 1.54) is 0 Å². The van der Waals surface area contributed by atoms with Gasteiger partial charge in [0.1, 0.15) is 0 Å². The summed E-state index contributed by atoms with van der Waals surface area (Å²) in [5.41, 5.74) is 8.37. The minimum Gasteiger partial charge on any atom is -0.396 e. The van der Waals surface area contributed by atoms with Crippen LogP contribution in [-0.2, 0) is 7.05 Å². The smallest absolute Gasteiger partial charge is 0.0920 e. The Morgan fingerprint density at radius 3 is 2.73 bits per heavy atom. The van der Waals surface area contributed by atoms with Crippen molar-refractivity contribution in [3.8, 4) is 11.3 Å². The highest BCUT2D eigenvalue weighted by Gasteiger charge is 2.11. The maximum atomic E-state index is 5.87. The van der Waals surface area contributed by atoms with Crippen LogP contribution in [0.4, 0.5) is 5.69 Å². The van der Waals surface area contributed by atoms with Gasteiger partial charge in [-0.3, -0.25) is 4.68 Å². The van der Waals surface area contributed by atoms with Gasteiger partial charge < -0.3 is 5.73 Å². The van der Waals surface area contributed by atoms with E-state index in [-0.39, 0.29) is 0 Å². The third kappa shape index (κ3) is 1.87. The fourth-order valence-electron chi connectivity index (χ4n) is 1.47. The summed E-state index contributed by atoms with van der Waals surface area (Å²) in [5, 5.41) is 4.78. The number of halogens is 2. The normalized spacial score (nSPS) is 10.6. The molecule has 0 amide bonds. The standard InChI is InChI=1S/C10H9BrClN3/c1-15-10(9(13)5-14-15)7-3-2-6(12)4-8(7)11/h2-5H,13H2,1H3. The monoisotopic (exact) mass is 285 g/mol. The van der Waals surface area contributed by atoms with Crippen molar-refractivity contribution in [2.75, 3.05) is 5.73 Å². The van der Waals surface area contributed by atoms with Gasteiger partial charge in [0, 0.05) is 22.1 Å². The quantitative estimate of drug-likeness (QED) is 0.875. The molecule has 0 spiro atoms. The largest absolute Gasteiger partial charge is 0.396 e. The van der Waals surface area contributed by atoms with Crippen LogP contribution in [0.3, 0.4) is 0 Å². The molecule has 15 heavy (non-hydrogen) atoms. The molecule has 0 bridgehead atoms. The number of rotatable bonds is 1. The van der Waals surface area contributed by atoms with Crippen LogP contribution < -0.4 is 5.73 Å². The number of nitrogens with zero attached hydrogens (tertiary/aromatic N) is 2. The molecule has 0 saturated heterocycles. The van der Waals surface area contributed by atoms with Gasteiger partial charge in [0.25, 0.3) is 0 Å². The number of nitrogens with two attached hydrogens (primary N) is 1. The molecular formula is C10H9BrClN3. The van der Waals surface area contributed by atoms with E-state index in [1.54, 1.807) is 10.9 Å². The molecule has 5 heteroatoms. The zero-order valence-corrected chi connectivity index (χ0v) is 10.4. The molecule has 2 aromatic rings. The van der Waals surface area contributed by atoms with E-state index in [1.807, 2.05) is 25.2 Å². The molecule has 2 rings (SSSR count). The molecule has 2 N–H and O–H groups in total. The first-order valence-corrected chi connectivity index (χ1v) is 5.49. The Balaban J connectivity index is 2.64. The fraction of sp³-hybridized carbons (Fsp3) is 0.100. The molecule has 0 radical (unpaired) electrons. The molecule has 0 atom stereocenters. The summed E-state index contributed by atoms with van der Waals surface area (Å²) in [4.78, 5) is 0. The van der Waals surface area contributed by atoms with E-state index >= 15 is 0 Å². The molecule has 78 valence electrons. The van der Waals surface area contributed by atoms with Crippen molar-refractivity contribution >= 4 is 33.2 Å². The average Bonchev–Trinajstić information content (AvgIpc) is 2.48. The zero-order chi connectivity index (χ0) is 11.0. The van der Waals surface area contributed by atoms with Gasteiger partial charge in [-0.15, -0.1) is 0 Å². The number of hydrogen-bond donors (Lipinski definition) is 1. The predicted molar refractivity (Wildman–Crippen MR) is 65.8 cm³/mol. The maximum Gasteiger partial charge on any atom is 0.0920 e. The van der Waals surface area contributed by atoms with E-state index in [0.29, 0.717) is 10.7 Å². The third-order valence-corrected chi connectivity index (χ3v) is 3.04. The van der Waals surface area contributed by atoms with Crippen molar-refractivity contribution in [2.24, 2.45) is 7.05 Å². The highest BCUT2D eigenvalue weighted by atomic mass is 79.9. The van der Waals surface area contributed by atoms with Crippen LogP contribution in [0.1, 0.15) is 0 Å². The maximum absolute atomic E-state index is 5.87. The van der Waals surface area contributed by atoms with Gasteiger partial charge in [-0.1, -0.05) is 33.6 Å². The second-order valence-electron chi connectivity index (χ2n) is 3.20. The third-order valence-electron chi connectivity index (χ3n) is 2.15. The molecule has 1 aromatic heterocycles. The summed E-state index contributed by atoms with van der Waals surface area (Å²) in [6.45, 7) is 0. The van der Waals surface area contributed by atoms with Crippen molar-refractivity contribution in [2.45, 2.75) is 0 Å². The van der Waals surface area contributed by atoms with E-state index in [4.69, 9.17) is 17.3 Å². The van der Waals surface area contributed by atoms with Crippen molar-refractivity contribution < 1.29 is 0 Å². The Hall–Kier alpha value is -1.000. The highest BCUT2D eigenvalue weighted by molar-refractivity contribution is 9.10. The lowest BCUT2D eigenvalue weighted by molar-refractivity contribution is 0.775. The fourth-order valence-corrected chi connectivity index (χ4v) is 2.34. The first-order valence-electron chi connectivity index (χ1n) is 4.32. The van der Waals surface area contributed by atoms with Crippen LogP contribution in [0.5, 0.6) is 0 Å². The van der Waals surface area contributed by atoms with Gasteiger partial charge in [-0.2, -0.15) is 5.10 Å². The molecule has 0 unspecified atom stereocenters. The number of aromatic nitrogens is 2. The molecule has 1 aromatic carbocycles. The van der Waals surface area contributed by atoms with Gasteiger partial charge in [0.05, 0.1) is 17.6 Å². The summed E-state index contributed by atoms with van der Waals surface area (Å²) in [6.07, 6.45) is 1.64. The highest BCUT2D eigenvalue weighted by Crippen LogP contribution is 2.33. The van der Waals surface area contributed by atoms with Crippen molar-refractivity contribution in [1.29, 1.82) is 0 Å². The molecule has 0 aliphatic heterocycles. The van der Waals surface area contributed by atoms with Crippen molar-refractivity contribution in [3.05, 3.63) is 33.9 Å². The Bertz CT molecular complexity index is 488. The van der Waals surface area contributed by atoms with Crippen molar-refractivity contribution in [3.63, 3.8) is 0 Å². The Kier molecular flexibility index (Phi) is 2.71. The number of benzene rings is 1. The molecule has 1 heterocycles. The lowest BCUT2D eigenvalue weighted by Gasteiger charge is -2.06. The van der Waals surface area contributed by atoms with Crippen molar-refractivity contribution in [1.82, 2.24) is 9.78 Å². The Morgan fingerprint density at radius 1 is 1.47 bits per heavy atom. The van der Waals surface area contributed by atoms with Gasteiger partial charge in [0.2, 0.25) is 0 Å². The lowest BCUT2D eigenvalue weighted by Crippen LogP contribution is -1.96.